The van der Waals surface area contributed by atoms with Crippen LogP contribution in [0.4, 0.5) is 11.4 Å². The summed E-state index contributed by atoms with van der Waals surface area (Å²) < 4.78 is 1.27. The number of carbonyl (C=O) groups is 1. The van der Waals surface area contributed by atoms with Crippen LogP contribution in [-0.2, 0) is 11.3 Å². The molecule has 2 N–H and O–H groups in total. The standard InChI is InChI=1S/C14H16N4O4/c1-8-4-5-11(12(19)6-8)15-13(20)7-17-10(3)14(18(21)22)9(2)16-17/h4-6,19H,7H2,1-3H3,(H,15,20). The van der Waals surface area contributed by atoms with Crippen LogP contribution in [0, 0.1) is 30.9 Å². The van der Waals surface area contributed by atoms with Gasteiger partial charge < -0.3 is 10.4 Å². The second kappa shape index (κ2) is 5.84. The highest BCUT2D eigenvalue weighted by atomic mass is 16.6. The number of hydrogen-bond donors (Lipinski definition) is 2. The van der Waals surface area contributed by atoms with Crippen LogP contribution in [0.2, 0.25) is 0 Å². The predicted octanol–water partition coefficient (Wildman–Crippen LogP) is 2.06. The normalized spacial score (nSPS) is 10.5. The number of phenolic OH excluding ortho intramolecular Hbond substituents is 1. The van der Waals surface area contributed by atoms with Crippen molar-refractivity contribution in [3.05, 3.63) is 45.3 Å². The van der Waals surface area contributed by atoms with Gasteiger partial charge in [-0.3, -0.25) is 19.6 Å². The van der Waals surface area contributed by atoms with Crippen LogP contribution < -0.4 is 5.32 Å². The van der Waals surface area contributed by atoms with Gasteiger partial charge >= 0.3 is 5.69 Å². The van der Waals surface area contributed by atoms with E-state index in [2.05, 4.69) is 10.4 Å². The summed E-state index contributed by atoms with van der Waals surface area (Å²) in [5, 5.41) is 27.2. The molecule has 0 saturated heterocycles. The number of aromatic nitrogens is 2. The largest absolute Gasteiger partial charge is 0.506 e. The zero-order valence-electron chi connectivity index (χ0n) is 12.5. The Balaban J connectivity index is 2.16. The molecule has 0 saturated carbocycles. The minimum atomic E-state index is -0.516. The number of phenols is 1. The van der Waals surface area contributed by atoms with E-state index >= 15 is 0 Å². The molecule has 0 aliphatic heterocycles. The van der Waals surface area contributed by atoms with Gasteiger partial charge in [-0.25, -0.2) is 0 Å². The first-order chi connectivity index (χ1) is 10.3. The lowest BCUT2D eigenvalue weighted by atomic mass is 10.2. The van der Waals surface area contributed by atoms with Gasteiger partial charge in [0.1, 0.15) is 23.7 Å². The zero-order chi connectivity index (χ0) is 16.4. The number of amides is 1. The molecule has 0 fully saturated rings. The van der Waals surface area contributed by atoms with Crippen molar-refractivity contribution in [2.45, 2.75) is 27.3 Å². The van der Waals surface area contributed by atoms with Crippen molar-refractivity contribution in [2.75, 3.05) is 5.32 Å². The third-order valence-electron chi connectivity index (χ3n) is 3.25. The van der Waals surface area contributed by atoms with Crippen LogP contribution in [0.25, 0.3) is 0 Å². The number of aryl methyl sites for hydroxylation is 2. The fourth-order valence-electron chi connectivity index (χ4n) is 2.18. The maximum absolute atomic E-state index is 12.0. The Morgan fingerprint density at radius 1 is 1.41 bits per heavy atom. The number of benzene rings is 1. The molecule has 1 aromatic carbocycles. The molecule has 116 valence electrons. The molecule has 2 aromatic rings. The van der Waals surface area contributed by atoms with Crippen molar-refractivity contribution in [1.82, 2.24) is 9.78 Å². The Morgan fingerprint density at radius 3 is 2.64 bits per heavy atom. The average molecular weight is 304 g/mol. The van der Waals surface area contributed by atoms with E-state index in [1.807, 2.05) is 6.92 Å². The highest BCUT2D eigenvalue weighted by molar-refractivity contribution is 5.92. The first kappa shape index (κ1) is 15.5. The molecule has 8 heteroatoms. The lowest BCUT2D eigenvalue weighted by Gasteiger charge is -2.08. The lowest BCUT2D eigenvalue weighted by molar-refractivity contribution is -0.386. The van der Waals surface area contributed by atoms with Crippen molar-refractivity contribution >= 4 is 17.3 Å². The summed E-state index contributed by atoms with van der Waals surface area (Å²) in [6.07, 6.45) is 0. The highest BCUT2D eigenvalue weighted by Crippen LogP contribution is 2.24. The number of hydrogen-bond acceptors (Lipinski definition) is 5. The smallest absolute Gasteiger partial charge is 0.312 e. The van der Waals surface area contributed by atoms with Gasteiger partial charge in [-0.2, -0.15) is 5.10 Å². The van der Waals surface area contributed by atoms with Crippen molar-refractivity contribution in [3.63, 3.8) is 0 Å². The van der Waals surface area contributed by atoms with Gasteiger partial charge in [-0.05, 0) is 38.5 Å². The van der Waals surface area contributed by atoms with E-state index in [9.17, 15) is 20.0 Å². The van der Waals surface area contributed by atoms with Crippen LogP contribution in [-0.4, -0.2) is 25.7 Å². The van der Waals surface area contributed by atoms with E-state index < -0.39 is 10.8 Å². The van der Waals surface area contributed by atoms with E-state index in [-0.39, 0.29) is 29.4 Å². The summed E-state index contributed by atoms with van der Waals surface area (Å²) in [4.78, 5) is 22.4. The number of nitrogens with one attached hydrogen (secondary N) is 1. The molecular formula is C14H16N4O4. The maximum atomic E-state index is 12.0. The Bertz CT molecular complexity index is 752. The molecule has 8 nitrogen and oxygen atoms in total. The van der Waals surface area contributed by atoms with Gasteiger partial charge in [-0.1, -0.05) is 6.07 Å². The summed E-state index contributed by atoms with van der Waals surface area (Å²) in [5.74, 6) is -0.465. The molecule has 0 aliphatic carbocycles. The third kappa shape index (κ3) is 3.05. The number of anilines is 1. The maximum Gasteiger partial charge on any atom is 0.312 e. The number of rotatable bonds is 4. The molecule has 22 heavy (non-hydrogen) atoms. The monoisotopic (exact) mass is 304 g/mol. The average Bonchev–Trinajstić information content (AvgIpc) is 2.67. The van der Waals surface area contributed by atoms with Crippen LogP contribution >= 0.6 is 0 Å². The van der Waals surface area contributed by atoms with Crippen molar-refractivity contribution in [1.29, 1.82) is 0 Å². The summed E-state index contributed by atoms with van der Waals surface area (Å²) in [6, 6.07) is 4.87. The summed E-state index contributed by atoms with van der Waals surface area (Å²) in [6.45, 7) is 4.70. The van der Waals surface area contributed by atoms with E-state index in [4.69, 9.17) is 0 Å². The van der Waals surface area contributed by atoms with Crippen molar-refractivity contribution < 1.29 is 14.8 Å². The minimum absolute atomic E-state index is 0.0345. The quantitative estimate of drug-likeness (QED) is 0.510. The fourth-order valence-corrected chi connectivity index (χ4v) is 2.18. The zero-order valence-corrected chi connectivity index (χ0v) is 12.5. The first-order valence-electron chi connectivity index (χ1n) is 6.57. The van der Waals surface area contributed by atoms with Crippen LogP contribution in [0.3, 0.4) is 0 Å². The molecule has 0 radical (unpaired) electrons. The molecule has 0 spiro atoms. The van der Waals surface area contributed by atoms with Crippen molar-refractivity contribution in [3.8, 4) is 5.75 Å². The summed E-state index contributed by atoms with van der Waals surface area (Å²) in [7, 11) is 0. The van der Waals surface area contributed by atoms with E-state index in [0.717, 1.165) is 5.56 Å². The molecule has 0 atom stereocenters. The minimum Gasteiger partial charge on any atom is -0.506 e. The Hall–Kier alpha value is -2.90. The number of nitrogens with zero attached hydrogens (tertiary/aromatic N) is 3. The van der Waals surface area contributed by atoms with E-state index in [1.165, 1.54) is 24.6 Å². The second-order valence-corrected chi connectivity index (χ2v) is 5.00. The molecular weight excluding hydrogens is 288 g/mol. The number of nitro groups is 1. The van der Waals surface area contributed by atoms with Gasteiger partial charge in [-0.15, -0.1) is 0 Å². The second-order valence-electron chi connectivity index (χ2n) is 5.00. The van der Waals surface area contributed by atoms with Crippen LogP contribution in [0.5, 0.6) is 5.75 Å². The Kier molecular flexibility index (Phi) is 4.11. The molecule has 0 bridgehead atoms. The van der Waals surface area contributed by atoms with Gasteiger partial charge in [0.15, 0.2) is 0 Å². The third-order valence-corrected chi connectivity index (χ3v) is 3.25. The van der Waals surface area contributed by atoms with Gasteiger partial charge in [0.25, 0.3) is 0 Å². The van der Waals surface area contributed by atoms with Crippen molar-refractivity contribution in [2.24, 2.45) is 0 Å². The summed E-state index contributed by atoms with van der Waals surface area (Å²) in [5.41, 5.74) is 1.63. The van der Waals surface area contributed by atoms with Gasteiger partial charge in [0, 0.05) is 0 Å². The fraction of sp³-hybridized carbons (Fsp3) is 0.286. The van der Waals surface area contributed by atoms with E-state index in [1.54, 1.807) is 12.1 Å². The first-order valence-corrected chi connectivity index (χ1v) is 6.57. The highest BCUT2D eigenvalue weighted by Gasteiger charge is 2.22. The topological polar surface area (TPSA) is 110 Å². The molecule has 1 heterocycles. The Labute approximate surface area is 126 Å². The van der Waals surface area contributed by atoms with E-state index in [0.29, 0.717) is 5.69 Å². The Morgan fingerprint density at radius 2 is 2.09 bits per heavy atom. The van der Waals surface area contributed by atoms with Gasteiger partial charge in [0.05, 0.1) is 10.6 Å². The summed E-state index contributed by atoms with van der Waals surface area (Å²) >= 11 is 0. The van der Waals surface area contributed by atoms with Gasteiger partial charge in [0.2, 0.25) is 5.91 Å². The predicted molar refractivity (Wildman–Crippen MR) is 79.8 cm³/mol. The van der Waals surface area contributed by atoms with Crippen LogP contribution in [0.15, 0.2) is 18.2 Å². The number of carbonyl (C=O) groups excluding carboxylic acids is 1. The SMILES string of the molecule is Cc1ccc(NC(=O)Cn2nc(C)c([N+](=O)[O-])c2C)c(O)c1. The molecule has 0 unspecified atom stereocenters. The molecule has 2 rings (SSSR count). The molecule has 1 amide bonds. The number of aromatic hydroxyl groups is 1. The molecule has 0 aliphatic rings. The lowest BCUT2D eigenvalue weighted by Crippen LogP contribution is -2.20. The molecule has 1 aromatic heterocycles. The van der Waals surface area contributed by atoms with Crippen LogP contribution in [0.1, 0.15) is 17.0 Å².